The summed E-state index contributed by atoms with van der Waals surface area (Å²) >= 11 is 0. The molecule has 0 heterocycles. The van der Waals surface area contributed by atoms with Crippen molar-refractivity contribution < 1.29 is 31.9 Å². The Balaban J connectivity index is 1.83. The molecule has 4 rings (SSSR count). The molecule has 0 aliphatic rings. The van der Waals surface area contributed by atoms with Gasteiger partial charge in [-0.3, -0.25) is 13.9 Å². The lowest BCUT2D eigenvalue weighted by atomic mass is 10.0. The average molecular weight is 676 g/mol. The molecule has 2 amide bonds. The summed E-state index contributed by atoms with van der Waals surface area (Å²) in [6, 6.07) is 24.8. The van der Waals surface area contributed by atoms with Crippen LogP contribution in [0.1, 0.15) is 37.5 Å². The lowest BCUT2D eigenvalue weighted by Crippen LogP contribution is -2.56. The zero-order valence-electron chi connectivity index (χ0n) is 28.1. The first-order chi connectivity index (χ1) is 22.7. The fraction of sp³-hybridized carbons (Fsp3) is 0.297. The van der Waals surface area contributed by atoms with Gasteiger partial charge in [0.1, 0.15) is 18.4 Å². The van der Waals surface area contributed by atoms with Gasteiger partial charge in [0.15, 0.2) is 11.5 Å². The molecule has 0 aliphatic carbocycles. The number of nitrogens with one attached hydrogen (secondary N) is 1. The van der Waals surface area contributed by atoms with E-state index in [9.17, 15) is 22.4 Å². The molecule has 0 radical (unpaired) electrons. The van der Waals surface area contributed by atoms with Gasteiger partial charge in [0.2, 0.25) is 11.8 Å². The number of halogens is 1. The molecule has 9 nitrogen and oxygen atoms in total. The highest BCUT2D eigenvalue weighted by Gasteiger charge is 2.36. The monoisotopic (exact) mass is 675 g/mol. The molecule has 4 aromatic carbocycles. The van der Waals surface area contributed by atoms with E-state index in [1.54, 1.807) is 24.3 Å². The van der Waals surface area contributed by atoms with Crippen LogP contribution in [0.2, 0.25) is 0 Å². The fourth-order valence-corrected chi connectivity index (χ4v) is 6.57. The minimum absolute atomic E-state index is 0.0771. The van der Waals surface area contributed by atoms with Crippen LogP contribution in [0.5, 0.6) is 11.5 Å². The first kappa shape index (κ1) is 35.9. The number of anilines is 1. The van der Waals surface area contributed by atoms with Gasteiger partial charge in [-0.2, -0.15) is 0 Å². The number of aryl methyl sites for hydroxylation is 1. The minimum atomic E-state index is -4.37. The van der Waals surface area contributed by atoms with E-state index in [0.29, 0.717) is 11.3 Å². The van der Waals surface area contributed by atoms with Gasteiger partial charge in [0.05, 0.1) is 24.8 Å². The highest BCUT2D eigenvalue weighted by molar-refractivity contribution is 7.92. The SMILES string of the molecule is COc1ccc(S(=O)(=O)N(CC(=O)N(Cc2ccc(F)cc2)[C@@H](Cc2ccccc2)C(=O)NC(C)(C)C)c2ccc(C)cc2)cc1OC. The van der Waals surface area contributed by atoms with Crippen LogP contribution in [0.4, 0.5) is 10.1 Å². The first-order valence-electron chi connectivity index (χ1n) is 15.4. The molecular formula is C37H42FN3O6S. The van der Waals surface area contributed by atoms with Crippen LogP contribution in [0, 0.1) is 12.7 Å². The third-order valence-corrected chi connectivity index (χ3v) is 9.35. The molecule has 0 bridgehead atoms. The molecule has 254 valence electrons. The topological polar surface area (TPSA) is 105 Å². The van der Waals surface area contributed by atoms with Crippen molar-refractivity contribution in [1.29, 1.82) is 0 Å². The lowest BCUT2D eigenvalue weighted by Gasteiger charge is -2.35. The number of carbonyl (C=O) groups excluding carboxylic acids is 2. The number of amides is 2. The summed E-state index contributed by atoms with van der Waals surface area (Å²) in [7, 11) is -1.52. The third-order valence-electron chi connectivity index (χ3n) is 7.58. The molecule has 48 heavy (non-hydrogen) atoms. The number of nitrogens with zero attached hydrogens (tertiary/aromatic N) is 2. The molecule has 4 aromatic rings. The van der Waals surface area contributed by atoms with E-state index in [4.69, 9.17) is 9.47 Å². The van der Waals surface area contributed by atoms with Gasteiger partial charge in [0, 0.05) is 24.6 Å². The fourth-order valence-electron chi connectivity index (χ4n) is 5.14. The van der Waals surface area contributed by atoms with Gasteiger partial charge in [-0.05, 0) is 75.2 Å². The van der Waals surface area contributed by atoms with Crippen LogP contribution < -0.4 is 19.1 Å². The van der Waals surface area contributed by atoms with Crippen molar-refractivity contribution in [3.8, 4) is 11.5 Å². The van der Waals surface area contributed by atoms with E-state index in [0.717, 1.165) is 15.4 Å². The Bertz CT molecular complexity index is 1810. The Kier molecular flexibility index (Phi) is 11.5. The van der Waals surface area contributed by atoms with Crippen molar-refractivity contribution in [1.82, 2.24) is 10.2 Å². The van der Waals surface area contributed by atoms with Crippen molar-refractivity contribution in [3.63, 3.8) is 0 Å². The smallest absolute Gasteiger partial charge is 0.264 e. The summed E-state index contributed by atoms with van der Waals surface area (Å²) in [5.74, 6) is -0.947. The van der Waals surface area contributed by atoms with Crippen LogP contribution in [0.25, 0.3) is 0 Å². The number of hydrogen-bond acceptors (Lipinski definition) is 6. The van der Waals surface area contributed by atoms with E-state index >= 15 is 0 Å². The summed E-state index contributed by atoms with van der Waals surface area (Å²) in [6.45, 7) is 6.68. The predicted molar refractivity (Wildman–Crippen MR) is 184 cm³/mol. The quantitative estimate of drug-likeness (QED) is 0.189. The molecule has 0 aromatic heterocycles. The molecule has 0 fully saturated rings. The van der Waals surface area contributed by atoms with Crippen LogP contribution in [0.3, 0.4) is 0 Å². The van der Waals surface area contributed by atoms with Gasteiger partial charge in [0.25, 0.3) is 10.0 Å². The average Bonchev–Trinajstić information content (AvgIpc) is 3.05. The Morgan fingerprint density at radius 1 is 0.833 bits per heavy atom. The van der Waals surface area contributed by atoms with E-state index in [1.807, 2.05) is 58.0 Å². The zero-order chi connectivity index (χ0) is 35.1. The molecule has 0 saturated heterocycles. The molecule has 1 atom stereocenters. The van der Waals surface area contributed by atoms with Crippen LogP contribution in [-0.4, -0.2) is 57.5 Å². The van der Waals surface area contributed by atoms with Crippen molar-refractivity contribution >= 4 is 27.5 Å². The van der Waals surface area contributed by atoms with Crippen molar-refractivity contribution in [2.45, 2.75) is 57.1 Å². The van der Waals surface area contributed by atoms with Gasteiger partial charge in [-0.1, -0.05) is 60.2 Å². The maximum atomic E-state index is 14.6. The maximum absolute atomic E-state index is 14.6. The van der Waals surface area contributed by atoms with Gasteiger partial charge in [-0.25, -0.2) is 12.8 Å². The number of sulfonamides is 1. The molecular weight excluding hydrogens is 633 g/mol. The highest BCUT2D eigenvalue weighted by atomic mass is 32.2. The van der Waals surface area contributed by atoms with Gasteiger partial charge >= 0.3 is 0 Å². The van der Waals surface area contributed by atoms with Crippen LogP contribution in [0.15, 0.2) is 102 Å². The number of ether oxygens (including phenoxy) is 2. The lowest BCUT2D eigenvalue weighted by molar-refractivity contribution is -0.140. The molecule has 1 N–H and O–H groups in total. The second kappa shape index (κ2) is 15.3. The largest absolute Gasteiger partial charge is 0.493 e. The molecule has 11 heteroatoms. The van der Waals surface area contributed by atoms with E-state index in [2.05, 4.69) is 5.32 Å². The van der Waals surface area contributed by atoms with Crippen molar-refractivity contribution in [2.24, 2.45) is 0 Å². The second-order valence-corrected chi connectivity index (χ2v) is 14.3. The highest BCUT2D eigenvalue weighted by Crippen LogP contribution is 2.32. The van der Waals surface area contributed by atoms with Crippen molar-refractivity contribution in [3.05, 3.63) is 120 Å². The van der Waals surface area contributed by atoms with Crippen LogP contribution in [-0.2, 0) is 32.6 Å². The minimum Gasteiger partial charge on any atom is -0.493 e. The maximum Gasteiger partial charge on any atom is 0.264 e. The zero-order valence-corrected chi connectivity index (χ0v) is 28.9. The Hall–Kier alpha value is -4.90. The third kappa shape index (κ3) is 9.13. The van der Waals surface area contributed by atoms with E-state index < -0.39 is 45.8 Å². The van der Waals surface area contributed by atoms with E-state index in [-0.39, 0.29) is 29.3 Å². The summed E-state index contributed by atoms with van der Waals surface area (Å²) in [5.41, 5.74) is 1.90. The standard InChI is InChI=1S/C37H42FN3O6S/c1-26-12-18-30(19-13-26)41(48(44,45)31-20-21-33(46-5)34(23-31)47-6)25-35(42)40(24-28-14-16-29(38)17-15-28)32(36(43)39-37(2,3)4)22-27-10-8-7-9-11-27/h7-21,23,32H,22,24-25H2,1-6H3,(H,39,43)/t32-/m0/s1. The predicted octanol–water partition coefficient (Wildman–Crippen LogP) is 5.90. The van der Waals surface area contributed by atoms with Gasteiger partial charge in [-0.15, -0.1) is 0 Å². The molecule has 0 aliphatic heterocycles. The molecule has 0 saturated carbocycles. The normalized spacial score (nSPS) is 12.1. The first-order valence-corrected chi connectivity index (χ1v) is 16.9. The van der Waals surface area contributed by atoms with E-state index in [1.165, 1.54) is 61.6 Å². The number of methoxy groups -OCH3 is 2. The Morgan fingerprint density at radius 2 is 1.46 bits per heavy atom. The number of hydrogen-bond donors (Lipinski definition) is 1. The summed E-state index contributed by atoms with van der Waals surface area (Å²) in [6.07, 6.45) is 0.155. The van der Waals surface area contributed by atoms with Gasteiger partial charge < -0.3 is 19.7 Å². The Morgan fingerprint density at radius 3 is 2.04 bits per heavy atom. The van der Waals surface area contributed by atoms with Crippen molar-refractivity contribution in [2.75, 3.05) is 25.1 Å². The number of carbonyl (C=O) groups is 2. The number of rotatable bonds is 13. The summed E-state index contributed by atoms with van der Waals surface area (Å²) in [4.78, 5) is 29.8. The number of benzene rings is 4. The Labute approximate surface area is 282 Å². The summed E-state index contributed by atoms with van der Waals surface area (Å²) in [5, 5.41) is 2.99. The second-order valence-electron chi connectivity index (χ2n) is 12.5. The van der Waals surface area contributed by atoms with Crippen LogP contribution >= 0.6 is 0 Å². The molecule has 0 spiro atoms. The molecule has 0 unspecified atom stereocenters. The summed E-state index contributed by atoms with van der Waals surface area (Å²) < 4.78 is 54.3.